The van der Waals surface area contributed by atoms with E-state index in [1.54, 1.807) is 18.1 Å². The summed E-state index contributed by atoms with van der Waals surface area (Å²) in [6, 6.07) is 13.2. The second kappa shape index (κ2) is 8.91. The molecule has 0 saturated carbocycles. The molecule has 1 amide bonds. The fraction of sp³-hybridized carbons (Fsp3) is 0.381. The molecular formula is C21H24N6O2. The highest BCUT2D eigenvalue weighted by Gasteiger charge is 2.25. The van der Waals surface area contributed by atoms with Gasteiger partial charge in [-0.05, 0) is 53.8 Å². The van der Waals surface area contributed by atoms with Crippen LogP contribution in [0, 0.1) is 5.92 Å². The second-order valence-electron chi connectivity index (χ2n) is 7.27. The first kappa shape index (κ1) is 19.2. The Labute approximate surface area is 169 Å². The van der Waals surface area contributed by atoms with Crippen LogP contribution < -0.4 is 0 Å². The third-order valence-corrected chi connectivity index (χ3v) is 5.09. The molecule has 8 heteroatoms. The molecule has 0 radical (unpaired) electrons. The molecule has 0 N–H and O–H groups in total. The van der Waals surface area contributed by atoms with Gasteiger partial charge in [0.15, 0.2) is 0 Å². The van der Waals surface area contributed by atoms with E-state index in [0.29, 0.717) is 42.7 Å². The summed E-state index contributed by atoms with van der Waals surface area (Å²) in [7, 11) is 1.66. The van der Waals surface area contributed by atoms with Crippen molar-refractivity contribution in [1.29, 1.82) is 0 Å². The number of rotatable bonds is 6. The number of methoxy groups -OCH3 is 1. The Bertz CT molecular complexity index is 941. The van der Waals surface area contributed by atoms with Crippen molar-refractivity contribution >= 4 is 5.91 Å². The lowest BCUT2D eigenvalue weighted by molar-refractivity contribution is 0.0656. The number of likely N-dealkylation sites (tertiary alicyclic amines) is 1. The lowest BCUT2D eigenvalue weighted by Crippen LogP contribution is -2.41. The number of piperidine rings is 1. The molecule has 8 nitrogen and oxygen atoms in total. The van der Waals surface area contributed by atoms with Crippen LogP contribution in [0.4, 0.5) is 0 Å². The number of pyridine rings is 1. The summed E-state index contributed by atoms with van der Waals surface area (Å²) < 4.78 is 5.13. The average Bonchev–Trinajstić information content (AvgIpc) is 3.23. The number of carbonyl (C=O) groups excluding carboxylic acids is 1. The van der Waals surface area contributed by atoms with Gasteiger partial charge in [-0.15, -0.1) is 10.2 Å². The van der Waals surface area contributed by atoms with Crippen LogP contribution in [-0.2, 0) is 17.9 Å². The van der Waals surface area contributed by atoms with E-state index in [1.807, 2.05) is 47.4 Å². The largest absolute Gasteiger partial charge is 0.380 e. The molecule has 2 aromatic heterocycles. The van der Waals surface area contributed by atoms with E-state index >= 15 is 0 Å². The number of ether oxygens (including phenoxy) is 1. The van der Waals surface area contributed by atoms with Gasteiger partial charge in [-0.2, -0.15) is 4.80 Å². The number of carbonyl (C=O) groups is 1. The van der Waals surface area contributed by atoms with Crippen molar-refractivity contribution in [2.24, 2.45) is 5.92 Å². The monoisotopic (exact) mass is 392 g/mol. The van der Waals surface area contributed by atoms with Crippen molar-refractivity contribution in [3.8, 4) is 11.5 Å². The fourth-order valence-electron chi connectivity index (χ4n) is 3.64. The molecule has 0 bridgehead atoms. The normalized spacial score (nSPS) is 16.7. The smallest absolute Gasteiger partial charge is 0.253 e. The molecule has 1 saturated heterocycles. The summed E-state index contributed by atoms with van der Waals surface area (Å²) in [5, 5.41) is 12.7. The maximum absolute atomic E-state index is 12.9. The minimum atomic E-state index is 0.0689. The van der Waals surface area contributed by atoms with Gasteiger partial charge in [0, 0.05) is 32.0 Å². The van der Waals surface area contributed by atoms with Crippen molar-refractivity contribution in [2.75, 3.05) is 20.2 Å². The minimum Gasteiger partial charge on any atom is -0.380 e. The van der Waals surface area contributed by atoms with Crippen molar-refractivity contribution in [3.05, 3.63) is 59.8 Å². The highest BCUT2D eigenvalue weighted by Crippen LogP contribution is 2.20. The Hall–Kier alpha value is -3.13. The van der Waals surface area contributed by atoms with E-state index in [9.17, 15) is 4.79 Å². The number of tetrazole rings is 1. The molecule has 1 aliphatic rings. The zero-order chi connectivity index (χ0) is 20.1. The summed E-state index contributed by atoms with van der Waals surface area (Å²) in [5.41, 5.74) is 2.47. The van der Waals surface area contributed by atoms with Gasteiger partial charge in [-0.3, -0.25) is 9.78 Å². The lowest BCUT2D eigenvalue weighted by atomic mass is 9.97. The Balaban J connectivity index is 1.38. The first-order valence-corrected chi connectivity index (χ1v) is 9.79. The summed E-state index contributed by atoms with van der Waals surface area (Å²) >= 11 is 0. The van der Waals surface area contributed by atoms with Crippen LogP contribution in [0.5, 0.6) is 0 Å². The Morgan fingerprint density at radius 2 is 2.07 bits per heavy atom. The minimum absolute atomic E-state index is 0.0689. The standard InChI is InChI=1S/C21H24N6O2/c1-29-15-16-7-9-18(10-8-16)21(28)26-12-4-5-17(13-26)14-27-24-20(23-25-27)19-6-2-3-11-22-19/h2-3,6-11,17H,4-5,12-15H2,1H3/t17-/m1/s1. The Morgan fingerprint density at radius 1 is 1.21 bits per heavy atom. The van der Waals surface area contributed by atoms with Gasteiger partial charge in [-0.1, -0.05) is 18.2 Å². The summed E-state index contributed by atoms with van der Waals surface area (Å²) in [6.07, 6.45) is 3.72. The van der Waals surface area contributed by atoms with E-state index < -0.39 is 0 Å². The molecule has 1 aromatic carbocycles. The van der Waals surface area contributed by atoms with Crippen molar-refractivity contribution < 1.29 is 9.53 Å². The zero-order valence-corrected chi connectivity index (χ0v) is 16.4. The van der Waals surface area contributed by atoms with Gasteiger partial charge < -0.3 is 9.64 Å². The maximum atomic E-state index is 12.9. The molecule has 29 heavy (non-hydrogen) atoms. The topological polar surface area (TPSA) is 86.0 Å². The first-order chi connectivity index (χ1) is 14.2. The predicted octanol–water partition coefficient (Wildman–Crippen LogP) is 2.43. The SMILES string of the molecule is COCc1ccc(C(=O)N2CCC[C@@H](Cn3nnc(-c4ccccn4)n3)C2)cc1. The van der Waals surface area contributed by atoms with E-state index in [-0.39, 0.29) is 5.91 Å². The van der Waals surface area contributed by atoms with Crippen molar-refractivity contribution in [2.45, 2.75) is 26.0 Å². The van der Waals surface area contributed by atoms with Crippen LogP contribution in [0.15, 0.2) is 48.7 Å². The lowest BCUT2D eigenvalue weighted by Gasteiger charge is -2.32. The molecule has 150 valence electrons. The molecule has 0 aliphatic carbocycles. The number of hydrogen-bond acceptors (Lipinski definition) is 6. The highest BCUT2D eigenvalue weighted by molar-refractivity contribution is 5.94. The van der Waals surface area contributed by atoms with Gasteiger partial charge >= 0.3 is 0 Å². The third-order valence-electron chi connectivity index (χ3n) is 5.09. The molecule has 0 spiro atoms. The number of aromatic nitrogens is 5. The molecule has 1 fully saturated rings. The van der Waals surface area contributed by atoms with E-state index in [2.05, 4.69) is 20.4 Å². The third kappa shape index (κ3) is 4.65. The number of benzene rings is 1. The van der Waals surface area contributed by atoms with Crippen LogP contribution in [0.1, 0.15) is 28.8 Å². The van der Waals surface area contributed by atoms with Crippen LogP contribution in [-0.4, -0.2) is 56.2 Å². The first-order valence-electron chi connectivity index (χ1n) is 9.79. The molecule has 4 rings (SSSR count). The van der Waals surface area contributed by atoms with Crippen molar-refractivity contribution in [3.63, 3.8) is 0 Å². The van der Waals surface area contributed by atoms with Crippen LogP contribution >= 0.6 is 0 Å². The Morgan fingerprint density at radius 3 is 2.83 bits per heavy atom. The maximum Gasteiger partial charge on any atom is 0.253 e. The Kier molecular flexibility index (Phi) is 5.90. The molecule has 0 unspecified atom stereocenters. The van der Waals surface area contributed by atoms with E-state index in [0.717, 1.165) is 24.9 Å². The van der Waals surface area contributed by atoms with Crippen molar-refractivity contribution in [1.82, 2.24) is 30.1 Å². The van der Waals surface area contributed by atoms with Gasteiger partial charge in [-0.25, -0.2) is 0 Å². The second-order valence-corrected chi connectivity index (χ2v) is 7.27. The summed E-state index contributed by atoms with van der Waals surface area (Å²) in [5.74, 6) is 0.885. The molecular weight excluding hydrogens is 368 g/mol. The molecule has 3 heterocycles. The van der Waals surface area contributed by atoms with Gasteiger partial charge in [0.2, 0.25) is 5.82 Å². The molecule has 1 aliphatic heterocycles. The van der Waals surface area contributed by atoms with Crippen LogP contribution in [0.25, 0.3) is 11.5 Å². The van der Waals surface area contributed by atoms with Gasteiger partial charge in [0.1, 0.15) is 5.69 Å². The fourth-order valence-corrected chi connectivity index (χ4v) is 3.64. The highest BCUT2D eigenvalue weighted by atomic mass is 16.5. The average molecular weight is 392 g/mol. The van der Waals surface area contributed by atoms with E-state index in [4.69, 9.17) is 4.74 Å². The molecule has 1 atom stereocenters. The van der Waals surface area contributed by atoms with E-state index in [1.165, 1.54) is 0 Å². The number of nitrogens with zero attached hydrogens (tertiary/aromatic N) is 6. The summed E-state index contributed by atoms with van der Waals surface area (Å²) in [6.45, 7) is 2.65. The van der Waals surface area contributed by atoms with Crippen LogP contribution in [0.2, 0.25) is 0 Å². The summed E-state index contributed by atoms with van der Waals surface area (Å²) in [4.78, 5) is 20.7. The molecule has 3 aromatic rings. The quantitative estimate of drug-likeness (QED) is 0.640. The predicted molar refractivity (Wildman–Crippen MR) is 107 cm³/mol. The van der Waals surface area contributed by atoms with Gasteiger partial charge in [0.25, 0.3) is 5.91 Å². The zero-order valence-electron chi connectivity index (χ0n) is 16.4. The number of hydrogen-bond donors (Lipinski definition) is 0. The number of amides is 1. The van der Waals surface area contributed by atoms with Gasteiger partial charge in [0.05, 0.1) is 13.2 Å². The van der Waals surface area contributed by atoms with Crippen LogP contribution in [0.3, 0.4) is 0 Å².